The number of thioether (sulfide) groups is 1. The van der Waals surface area contributed by atoms with Crippen LogP contribution in [0.4, 0.5) is 10.5 Å². The predicted octanol–water partition coefficient (Wildman–Crippen LogP) is 3.72. The van der Waals surface area contributed by atoms with Crippen LogP contribution in [-0.4, -0.2) is 41.4 Å². The molecule has 0 bridgehead atoms. The van der Waals surface area contributed by atoms with Crippen LogP contribution in [0.2, 0.25) is 0 Å². The van der Waals surface area contributed by atoms with E-state index in [1.165, 1.54) is 16.7 Å². The lowest BCUT2D eigenvalue weighted by Gasteiger charge is -2.15. The average molecular weight is 414 g/mol. The Hall–Kier alpha value is -2.84. The standard InChI is InChI=1S/C20H19N3O3S2/c1-26-16-9-5-6-14(12-16)13-17-18(24)23(20(27)28-17)11-10-21-19(25)22-15-7-3-2-4-8-15/h2-9,12-13H,10-11H2,1H3,(H2,21,22,25)/b17-13+. The molecule has 0 aromatic heterocycles. The maximum atomic E-state index is 12.6. The van der Waals surface area contributed by atoms with Crippen LogP contribution in [0.5, 0.6) is 5.75 Å². The zero-order chi connectivity index (χ0) is 19.9. The second-order valence-corrected chi connectivity index (χ2v) is 7.53. The summed E-state index contributed by atoms with van der Waals surface area (Å²) in [4.78, 5) is 26.6. The fraction of sp³-hybridized carbons (Fsp3) is 0.150. The van der Waals surface area contributed by atoms with Gasteiger partial charge in [0, 0.05) is 18.8 Å². The van der Waals surface area contributed by atoms with E-state index in [4.69, 9.17) is 17.0 Å². The summed E-state index contributed by atoms with van der Waals surface area (Å²) in [5.41, 5.74) is 1.56. The van der Waals surface area contributed by atoms with E-state index in [0.29, 0.717) is 21.5 Å². The van der Waals surface area contributed by atoms with Gasteiger partial charge in [-0.3, -0.25) is 9.69 Å². The second-order valence-electron chi connectivity index (χ2n) is 5.86. The Balaban J connectivity index is 1.55. The molecule has 28 heavy (non-hydrogen) atoms. The van der Waals surface area contributed by atoms with E-state index in [0.717, 1.165) is 11.3 Å². The fourth-order valence-corrected chi connectivity index (χ4v) is 3.86. The lowest BCUT2D eigenvalue weighted by molar-refractivity contribution is -0.122. The van der Waals surface area contributed by atoms with E-state index in [9.17, 15) is 9.59 Å². The van der Waals surface area contributed by atoms with Gasteiger partial charge in [-0.1, -0.05) is 54.3 Å². The van der Waals surface area contributed by atoms with Crippen LogP contribution in [0.25, 0.3) is 6.08 Å². The Morgan fingerprint density at radius 2 is 2.00 bits per heavy atom. The molecule has 1 aliphatic heterocycles. The first kappa shape index (κ1) is 19.9. The summed E-state index contributed by atoms with van der Waals surface area (Å²) in [5.74, 6) is 0.556. The monoisotopic (exact) mass is 413 g/mol. The molecule has 1 aliphatic rings. The van der Waals surface area contributed by atoms with Crippen LogP contribution in [0, 0.1) is 0 Å². The van der Waals surface area contributed by atoms with Gasteiger partial charge in [-0.2, -0.15) is 0 Å². The van der Waals surface area contributed by atoms with Crippen molar-refractivity contribution < 1.29 is 14.3 Å². The number of nitrogens with one attached hydrogen (secondary N) is 2. The van der Waals surface area contributed by atoms with E-state index >= 15 is 0 Å². The molecule has 0 radical (unpaired) electrons. The van der Waals surface area contributed by atoms with Gasteiger partial charge in [0.15, 0.2) is 0 Å². The molecule has 0 spiro atoms. The van der Waals surface area contributed by atoms with Crippen molar-refractivity contribution >= 4 is 52.0 Å². The van der Waals surface area contributed by atoms with Gasteiger partial charge < -0.3 is 15.4 Å². The van der Waals surface area contributed by atoms with E-state index in [-0.39, 0.29) is 18.5 Å². The zero-order valence-corrected chi connectivity index (χ0v) is 16.8. The first-order chi connectivity index (χ1) is 13.6. The first-order valence-corrected chi connectivity index (χ1v) is 9.78. The van der Waals surface area contributed by atoms with E-state index < -0.39 is 0 Å². The number of rotatable bonds is 6. The second kappa shape index (κ2) is 9.38. The van der Waals surface area contributed by atoms with Crippen molar-refractivity contribution in [3.63, 3.8) is 0 Å². The number of hydrogen-bond donors (Lipinski definition) is 2. The van der Waals surface area contributed by atoms with Crippen LogP contribution < -0.4 is 15.4 Å². The molecule has 8 heteroatoms. The Bertz CT molecular complexity index is 916. The minimum absolute atomic E-state index is 0.164. The molecule has 2 aromatic rings. The number of hydrogen-bond acceptors (Lipinski definition) is 5. The topological polar surface area (TPSA) is 70.7 Å². The number of benzene rings is 2. The smallest absolute Gasteiger partial charge is 0.319 e. The van der Waals surface area contributed by atoms with Gasteiger partial charge >= 0.3 is 6.03 Å². The molecule has 0 saturated carbocycles. The molecule has 0 aliphatic carbocycles. The van der Waals surface area contributed by atoms with Gasteiger partial charge in [0.1, 0.15) is 10.1 Å². The average Bonchev–Trinajstić information content (AvgIpc) is 2.96. The molecule has 0 unspecified atom stereocenters. The lowest BCUT2D eigenvalue weighted by Crippen LogP contribution is -2.38. The molecular formula is C20H19N3O3S2. The molecule has 6 nitrogen and oxygen atoms in total. The van der Waals surface area contributed by atoms with Crippen LogP contribution in [0.1, 0.15) is 5.56 Å². The van der Waals surface area contributed by atoms with Gasteiger partial charge in [-0.05, 0) is 35.9 Å². The Labute approximate surface area is 172 Å². The molecule has 1 heterocycles. The first-order valence-electron chi connectivity index (χ1n) is 8.56. The van der Waals surface area contributed by atoms with Crippen molar-refractivity contribution in [3.05, 3.63) is 65.1 Å². The highest BCUT2D eigenvalue weighted by Crippen LogP contribution is 2.32. The molecule has 144 valence electrons. The molecular weight excluding hydrogens is 394 g/mol. The van der Waals surface area contributed by atoms with Crippen LogP contribution >= 0.6 is 24.0 Å². The highest BCUT2D eigenvalue weighted by atomic mass is 32.2. The van der Waals surface area contributed by atoms with Crippen LogP contribution in [-0.2, 0) is 4.79 Å². The van der Waals surface area contributed by atoms with Crippen molar-refractivity contribution in [1.82, 2.24) is 10.2 Å². The van der Waals surface area contributed by atoms with Gasteiger partial charge in [-0.25, -0.2) is 4.79 Å². The van der Waals surface area contributed by atoms with Crippen molar-refractivity contribution in [1.29, 1.82) is 0 Å². The van der Waals surface area contributed by atoms with Crippen LogP contribution in [0.3, 0.4) is 0 Å². The maximum absolute atomic E-state index is 12.6. The predicted molar refractivity (Wildman–Crippen MR) is 116 cm³/mol. The highest BCUT2D eigenvalue weighted by Gasteiger charge is 2.31. The number of carbonyl (C=O) groups is 2. The Morgan fingerprint density at radius 3 is 2.75 bits per heavy atom. The number of amides is 3. The molecule has 3 amide bonds. The number of para-hydroxylation sites is 1. The minimum Gasteiger partial charge on any atom is -0.497 e. The molecule has 2 aromatic carbocycles. The zero-order valence-electron chi connectivity index (χ0n) is 15.2. The number of ether oxygens (including phenoxy) is 1. The molecule has 1 fully saturated rings. The van der Waals surface area contributed by atoms with E-state index in [1.54, 1.807) is 25.3 Å². The quantitative estimate of drug-likeness (QED) is 0.558. The van der Waals surface area contributed by atoms with Gasteiger partial charge in [0.2, 0.25) is 0 Å². The number of nitrogens with zero attached hydrogens (tertiary/aromatic N) is 1. The van der Waals surface area contributed by atoms with Gasteiger partial charge in [-0.15, -0.1) is 0 Å². The number of methoxy groups -OCH3 is 1. The summed E-state index contributed by atoms with van der Waals surface area (Å²) in [6.07, 6.45) is 1.79. The van der Waals surface area contributed by atoms with E-state index in [2.05, 4.69) is 10.6 Å². The van der Waals surface area contributed by atoms with Crippen molar-refractivity contribution in [2.45, 2.75) is 0 Å². The fourth-order valence-electron chi connectivity index (χ4n) is 2.55. The summed E-state index contributed by atoms with van der Waals surface area (Å²) in [7, 11) is 1.60. The minimum atomic E-state index is -0.330. The maximum Gasteiger partial charge on any atom is 0.319 e. The summed E-state index contributed by atoms with van der Waals surface area (Å²) in [6, 6.07) is 16.3. The lowest BCUT2D eigenvalue weighted by atomic mass is 10.2. The molecule has 0 atom stereocenters. The normalized spacial score (nSPS) is 15.0. The summed E-state index contributed by atoms with van der Waals surface area (Å²) in [6.45, 7) is 0.597. The molecule has 2 N–H and O–H groups in total. The van der Waals surface area contributed by atoms with E-state index in [1.807, 2.05) is 42.5 Å². The summed E-state index contributed by atoms with van der Waals surface area (Å²) in [5, 5.41) is 5.46. The Kier molecular flexibility index (Phi) is 6.67. The SMILES string of the molecule is COc1cccc(/C=C2/SC(=S)N(CCNC(=O)Nc3ccccc3)C2=O)c1. The third kappa shape index (κ3) is 5.11. The summed E-state index contributed by atoms with van der Waals surface area (Å²) >= 11 is 6.57. The van der Waals surface area contributed by atoms with Gasteiger partial charge in [0.25, 0.3) is 5.91 Å². The van der Waals surface area contributed by atoms with Gasteiger partial charge in [0.05, 0.1) is 12.0 Å². The highest BCUT2D eigenvalue weighted by molar-refractivity contribution is 8.26. The number of thiocarbonyl (C=S) groups is 1. The number of urea groups is 1. The number of carbonyl (C=O) groups excluding carboxylic acids is 2. The van der Waals surface area contributed by atoms with Crippen molar-refractivity contribution in [2.24, 2.45) is 0 Å². The summed E-state index contributed by atoms with van der Waals surface area (Å²) < 4.78 is 5.68. The van der Waals surface area contributed by atoms with Crippen LogP contribution in [0.15, 0.2) is 59.5 Å². The number of anilines is 1. The Morgan fingerprint density at radius 1 is 1.21 bits per heavy atom. The van der Waals surface area contributed by atoms with Crippen molar-refractivity contribution in [3.8, 4) is 5.75 Å². The third-order valence-electron chi connectivity index (χ3n) is 3.92. The van der Waals surface area contributed by atoms with Crippen molar-refractivity contribution in [2.75, 3.05) is 25.5 Å². The largest absolute Gasteiger partial charge is 0.497 e. The molecule has 3 rings (SSSR count). The molecule has 1 saturated heterocycles. The third-order valence-corrected chi connectivity index (χ3v) is 5.30.